The van der Waals surface area contributed by atoms with E-state index in [1.54, 1.807) is 0 Å². The zero-order chi connectivity index (χ0) is 13.6. The van der Waals surface area contributed by atoms with Crippen LogP contribution in [0.3, 0.4) is 0 Å². The normalized spacial score (nSPS) is 22.9. The number of hydrogen-bond donors (Lipinski definition) is 3. The third-order valence-corrected chi connectivity index (χ3v) is 3.26. The van der Waals surface area contributed by atoms with Gasteiger partial charge in [0.15, 0.2) is 11.2 Å². The predicted molar refractivity (Wildman–Crippen MR) is 66.0 cm³/mol. The number of nitrogens with two attached hydrogens (primary N) is 1. The fraction of sp³-hybridized carbons (Fsp3) is 0.364. The monoisotopic (exact) mass is 265 g/mol. The molecule has 4 N–H and O–H groups in total. The quantitative estimate of drug-likeness (QED) is 0.713. The maximum Gasteiger partial charge on any atom is 0.280 e. The summed E-state index contributed by atoms with van der Waals surface area (Å²) in [6.07, 6.45) is 3.15. The molecule has 2 aromatic rings. The zero-order valence-electron chi connectivity index (χ0n) is 9.88. The number of halogens is 1. The first-order chi connectivity index (χ1) is 9.10. The SMILES string of the molecule is Nc1nc2c(ncn2[C@H]2C[C@@H](CO)C=C2F)c(=O)[nH]1. The number of aromatic nitrogens is 4. The van der Waals surface area contributed by atoms with Gasteiger partial charge in [0.25, 0.3) is 5.56 Å². The van der Waals surface area contributed by atoms with Gasteiger partial charge in [0, 0.05) is 12.5 Å². The van der Waals surface area contributed by atoms with Crippen LogP contribution in [-0.4, -0.2) is 31.2 Å². The molecule has 0 amide bonds. The van der Waals surface area contributed by atoms with Crippen LogP contribution in [-0.2, 0) is 0 Å². The molecule has 0 aromatic carbocycles. The molecule has 0 spiro atoms. The van der Waals surface area contributed by atoms with E-state index in [0.29, 0.717) is 6.42 Å². The highest BCUT2D eigenvalue weighted by molar-refractivity contribution is 5.70. The van der Waals surface area contributed by atoms with Crippen molar-refractivity contribution >= 4 is 17.1 Å². The molecule has 0 bridgehead atoms. The molecule has 7 nitrogen and oxygen atoms in total. The molecular weight excluding hydrogens is 253 g/mol. The van der Waals surface area contributed by atoms with Crippen LogP contribution in [0.25, 0.3) is 11.2 Å². The van der Waals surface area contributed by atoms with Gasteiger partial charge >= 0.3 is 0 Å². The van der Waals surface area contributed by atoms with Gasteiger partial charge in [-0.3, -0.25) is 9.78 Å². The number of fused-ring (bicyclic) bond motifs is 1. The van der Waals surface area contributed by atoms with Crippen LogP contribution in [0.5, 0.6) is 0 Å². The van der Waals surface area contributed by atoms with E-state index in [1.165, 1.54) is 17.0 Å². The minimum atomic E-state index is -0.601. The fourth-order valence-electron chi connectivity index (χ4n) is 2.35. The maximum atomic E-state index is 13.9. The topological polar surface area (TPSA) is 110 Å². The number of rotatable bonds is 2. The lowest BCUT2D eigenvalue weighted by atomic mass is 10.1. The summed E-state index contributed by atoms with van der Waals surface area (Å²) < 4.78 is 15.3. The van der Waals surface area contributed by atoms with Gasteiger partial charge in [0.1, 0.15) is 5.83 Å². The van der Waals surface area contributed by atoms with E-state index in [0.717, 1.165) is 0 Å². The number of aromatic amines is 1. The first kappa shape index (κ1) is 11.8. The Kier molecular flexibility index (Phi) is 2.59. The molecule has 0 saturated heterocycles. The van der Waals surface area contributed by atoms with Gasteiger partial charge in [-0.05, 0) is 12.5 Å². The molecule has 2 aromatic heterocycles. The summed E-state index contributed by atoms with van der Waals surface area (Å²) in [5.41, 5.74) is 5.39. The summed E-state index contributed by atoms with van der Waals surface area (Å²) in [5.74, 6) is -0.638. The predicted octanol–water partition coefficient (Wildman–Crippen LogP) is 0.108. The molecule has 2 heterocycles. The molecule has 0 radical (unpaired) electrons. The van der Waals surface area contributed by atoms with Crippen molar-refractivity contribution in [2.75, 3.05) is 12.3 Å². The number of allylic oxidation sites excluding steroid dienone is 1. The lowest BCUT2D eigenvalue weighted by molar-refractivity contribution is 0.243. The van der Waals surface area contributed by atoms with E-state index in [9.17, 15) is 9.18 Å². The first-order valence-electron chi connectivity index (χ1n) is 5.80. The second-order valence-corrected chi connectivity index (χ2v) is 4.52. The van der Waals surface area contributed by atoms with Gasteiger partial charge in [0.05, 0.1) is 12.4 Å². The molecule has 8 heteroatoms. The third-order valence-electron chi connectivity index (χ3n) is 3.26. The number of nitrogens with one attached hydrogen (secondary N) is 1. The Morgan fingerprint density at radius 3 is 3.11 bits per heavy atom. The van der Waals surface area contributed by atoms with Gasteiger partial charge in [-0.2, -0.15) is 4.98 Å². The molecule has 1 aliphatic carbocycles. The number of hydrogen-bond acceptors (Lipinski definition) is 5. The summed E-state index contributed by atoms with van der Waals surface area (Å²) in [4.78, 5) is 21.9. The highest BCUT2D eigenvalue weighted by atomic mass is 19.1. The van der Waals surface area contributed by atoms with E-state index in [2.05, 4.69) is 15.0 Å². The molecular formula is C11H12FN5O2. The lowest BCUT2D eigenvalue weighted by Gasteiger charge is -2.13. The first-order valence-corrected chi connectivity index (χ1v) is 5.80. The van der Waals surface area contributed by atoms with E-state index in [1.807, 2.05) is 0 Å². The zero-order valence-corrected chi connectivity index (χ0v) is 9.88. The van der Waals surface area contributed by atoms with Crippen LogP contribution < -0.4 is 11.3 Å². The minimum Gasteiger partial charge on any atom is -0.396 e. The van der Waals surface area contributed by atoms with E-state index in [4.69, 9.17) is 10.8 Å². The summed E-state index contributed by atoms with van der Waals surface area (Å²) >= 11 is 0. The van der Waals surface area contributed by atoms with Gasteiger partial charge in [-0.25, -0.2) is 9.37 Å². The molecule has 0 aliphatic heterocycles. The van der Waals surface area contributed by atoms with Crippen LogP contribution in [0.2, 0.25) is 0 Å². The van der Waals surface area contributed by atoms with Crippen LogP contribution >= 0.6 is 0 Å². The number of H-pyrrole nitrogens is 1. The Labute approximate surface area is 106 Å². The number of nitrogen functional groups attached to an aromatic ring is 1. The van der Waals surface area contributed by atoms with Gasteiger partial charge in [-0.1, -0.05) is 0 Å². The Hall–Kier alpha value is -2.22. The van der Waals surface area contributed by atoms with Crippen LogP contribution in [0.4, 0.5) is 10.3 Å². The molecule has 3 rings (SSSR count). The minimum absolute atomic E-state index is 0.0413. The molecule has 0 fully saturated rings. The van der Waals surface area contributed by atoms with Crippen LogP contribution in [0.15, 0.2) is 23.0 Å². The van der Waals surface area contributed by atoms with E-state index in [-0.39, 0.29) is 35.5 Å². The highest BCUT2D eigenvalue weighted by Crippen LogP contribution is 2.36. The second-order valence-electron chi connectivity index (χ2n) is 4.52. The molecule has 0 saturated carbocycles. The summed E-state index contributed by atoms with van der Waals surface area (Å²) in [5, 5.41) is 9.07. The van der Waals surface area contributed by atoms with Crippen molar-refractivity contribution in [2.24, 2.45) is 5.92 Å². The maximum absolute atomic E-state index is 13.9. The summed E-state index contributed by atoms with van der Waals surface area (Å²) in [7, 11) is 0. The average Bonchev–Trinajstić information content (AvgIpc) is 2.92. The van der Waals surface area contributed by atoms with Crippen molar-refractivity contribution < 1.29 is 9.50 Å². The number of anilines is 1. The number of nitrogens with zero attached hydrogens (tertiary/aromatic N) is 3. The second kappa shape index (κ2) is 4.16. The number of aliphatic hydroxyl groups is 1. The van der Waals surface area contributed by atoms with Crippen molar-refractivity contribution in [1.82, 2.24) is 19.5 Å². The number of aliphatic hydroxyl groups excluding tert-OH is 1. The van der Waals surface area contributed by atoms with E-state index < -0.39 is 11.6 Å². The highest BCUT2D eigenvalue weighted by Gasteiger charge is 2.29. The number of imidazole rings is 1. The van der Waals surface area contributed by atoms with Gasteiger partial charge < -0.3 is 15.4 Å². The molecule has 100 valence electrons. The van der Waals surface area contributed by atoms with Crippen molar-refractivity contribution in [1.29, 1.82) is 0 Å². The average molecular weight is 265 g/mol. The van der Waals surface area contributed by atoms with Crippen molar-refractivity contribution in [2.45, 2.75) is 12.5 Å². The largest absolute Gasteiger partial charge is 0.396 e. The Morgan fingerprint density at radius 2 is 2.42 bits per heavy atom. The summed E-state index contributed by atoms with van der Waals surface area (Å²) in [6, 6.07) is -0.601. The molecule has 1 aliphatic rings. The van der Waals surface area contributed by atoms with Gasteiger partial charge in [0.2, 0.25) is 5.95 Å². The van der Waals surface area contributed by atoms with Gasteiger partial charge in [-0.15, -0.1) is 0 Å². The van der Waals surface area contributed by atoms with Crippen molar-refractivity contribution in [3.05, 3.63) is 28.6 Å². The Bertz CT molecular complexity index is 719. The smallest absolute Gasteiger partial charge is 0.280 e. The Morgan fingerprint density at radius 1 is 1.63 bits per heavy atom. The van der Waals surface area contributed by atoms with Crippen LogP contribution in [0.1, 0.15) is 12.5 Å². The van der Waals surface area contributed by atoms with Crippen molar-refractivity contribution in [3.8, 4) is 0 Å². The lowest BCUT2D eigenvalue weighted by Crippen LogP contribution is -2.14. The standard InChI is InChI=1S/C11H12FN5O2/c12-6-1-5(3-18)2-7(6)17-4-14-8-9(17)15-11(13)16-10(8)19/h1,4-5,7,18H,2-3H2,(H3,13,15,16,19)/t5-,7-/m0/s1. The summed E-state index contributed by atoms with van der Waals surface area (Å²) in [6.45, 7) is -0.118. The van der Waals surface area contributed by atoms with Crippen LogP contribution in [0, 0.1) is 5.92 Å². The van der Waals surface area contributed by atoms with Crippen molar-refractivity contribution in [3.63, 3.8) is 0 Å². The third kappa shape index (κ3) is 1.80. The Balaban J connectivity index is 2.12. The molecule has 0 unspecified atom stereocenters. The molecule has 2 atom stereocenters. The fourth-order valence-corrected chi connectivity index (χ4v) is 2.35. The van der Waals surface area contributed by atoms with E-state index >= 15 is 0 Å². The molecule has 19 heavy (non-hydrogen) atoms.